The number of hydrogen-bond donors (Lipinski definition) is 2. The molecular weight excluding hydrogens is 295 g/mol. The van der Waals surface area contributed by atoms with Crippen molar-refractivity contribution in [2.75, 3.05) is 5.32 Å². The summed E-state index contributed by atoms with van der Waals surface area (Å²) in [5.74, 6) is -1.23. The van der Waals surface area contributed by atoms with E-state index in [1.807, 2.05) is 6.07 Å². The van der Waals surface area contributed by atoms with E-state index in [1.165, 1.54) is 18.2 Å². The molecule has 0 fully saturated rings. The fourth-order valence-electron chi connectivity index (χ4n) is 2.28. The van der Waals surface area contributed by atoms with Crippen LogP contribution in [0.3, 0.4) is 0 Å². The number of anilines is 2. The van der Waals surface area contributed by atoms with Crippen molar-refractivity contribution in [3.8, 4) is 6.07 Å². The third kappa shape index (κ3) is 2.68. The van der Waals surface area contributed by atoms with E-state index < -0.39 is 11.7 Å². The molecule has 0 bridgehead atoms. The van der Waals surface area contributed by atoms with Crippen LogP contribution in [0.1, 0.15) is 16.1 Å². The first-order valence-corrected chi connectivity index (χ1v) is 6.66. The highest BCUT2D eigenvalue weighted by Crippen LogP contribution is 2.30. The maximum absolute atomic E-state index is 13.4. The second-order valence-corrected chi connectivity index (χ2v) is 4.77. The Labute approximate surface area is 131 Å². The van der Waals surface area contributed by atoms with Crippen molar-refractivity contribution in [3.05, 3.63) is 65.6 Å². The van der Waals surface area contributed by atoms with Crippen LogP contribution >= 0.6 is 0 Å². The van der Waals surface area contributed by atoms with Gasteiger partial charge in [0.25, 0.3) is 5.91 Å². The van der Waals surface area contributed by atoms with Gasteiger partial charge in [-0.1, -0.05) is 12.1 Å². The summed E-state index contributed by atoms with van der Waals surface area (Å²) in [5, 5.41) is 13.0. The fraction of sp³-hybridized carbons (Fsp3) is 0. The monoisotopic (exact) mass is 305 g/mol. The van der Waals surface area contributed by atoms with E-state index in [2.05, 4.69) is 16.4 Å². The van der Waals surface area contributed by atoms with Crippen LogP contribution in [0.5, 0.6) is 0 Å². The highest BCUT2D eigenvalue weighted by atomic mass is 19.1. The number of carbonyl (C=O) groups is 1. The minimum Gasteiger partial charge on any atom is -0.364 e. The van der Waals surface area contributed by atoms with Gasteiger partial charge in [-0.2, -0.15) is 5.26 Å². The lowest BCUT2D eigenvalue weighted by atomic mass is 10.1. The predicted molar refractivity (Wildman–Crippen MR) is 83.5 cm³/mol. The minimum absolute atomic E-state index is 0.00820. The maximum atomic E-state index is 13.4. The Hall–Kier alpha value is -3.46. The van der Waals surface area contributed by atoms with Crippen LogP contribution in [0.25, 0.3) is 10.9 Å². The second kappa shape index (κ2) is 5.73. The molecule has 0 unspecified atom stereocenters. The van der Waals surface area contributed by atoms with Crippen molar-refractivity contribution in [2.24, 2.45) is 5.73 Å². The number of aromatic nitrogens is 1. The molecule has 23 heavy (non-hydrogen) atoms. The van der Waals surface area contributed by atoms with E-state index in [0.717, 1.165) is 0 Å². The summed E-state index contributed by atoms with van der Waals surface area (Å²) < 4.78 is 13.4. The Morgan fingerprint density at radius 3 is 2.91 bits per heavy atom. The van der Waals surface area contributed by atoms with Crippen LogP contribution in [-0.2, 0) is 0 Å². The van der Waals surface area contributed by atoms with Crippen LogP contribution in [-0.4, -0.2) is 10.9 Å². The Bertz CT molecular complexity index is 962. The number of benzene rings is 2. The van der Waals surface area contributed by atoms with Gasteiger partial charge in [0.15, 0.2) is 0 Å². The lowest BCUT2D eigenvalue weighted by Gasteiger charge is -2.13. The maximum Gasteiger partial charge on any atom is 0.268 e. The number of nitrogens with one attached hydrogen (secondary N) is 1. The van der Waals surface area contributed by atoms with Gasteiger partial charge in [-0.05, 0) is 36.4 Å². The Kier molecular flexibility index (Phi) is 3.61. The Morgan fingerprint density at radius 1 is 1.39 bits per heavy atom. The van der Waals surface area contributed by atoms with Gasteiger partial charge < -0.3 is 11.1 Å². The first-order chi connectivity index (χ1) is 11.1. The van der Waals surface area contributed by atoms with Crippen molar-refractivity contribution >= 4 is 28.2 Å². The molecular formula is C17H10FN4O. The minimum atomic E-state index is -0.807. The molecule has 3 N–H and O–H groups in total. The number of nitriles is 1. The summed E-state index contributed by atoms with van der Waals surface area (Å²) in [4.78, 5) is 15.7. The number of pyridine rings is 1. The smallest absolute Gasteiger partial charge is 0.268 e. The number of hydrogen-bond acceptors (Lipinski definition) is 4. The summed E-state index contributed by atoms with van der Waals surface area (Å²) in [6.07, 6.45) is 0. The molecule has 3 rings (SSSR count). The van der Waals surface area contributed by atoms with Crippen LogP contribution in [0.2, 0.25) is 0 Å². The van der Waals surface area contributed by atoms with Gasteiger partial charge in [-0.3, -0.25) is 4.79 Å². The molecule has 1 amide bonds. The lowest BCUT2D eigenvalue weighted by Crippen LogP contribution is -2.16. The summed E-state index contributed by atoms with van der Waals surface area (Å²) >= 11 is 0. The van der Waals surface area contributed by atoms with Crippen molar-refractivity contribution in [1.82, 2.24) is 4.98 Å². The number of fused-ring (bicyclic) bond motifs is 1. The first kappa shape index (κ1) is 14.5. The molecule has 1 radical (unpaired) electrons. The number of nitrogens with zero attached hydrogens (tertiary/aromatic N) is 2. The molecule has 2 aromatic carbocycles. The first-order valence-electron chi connectivity index (χ1n) is 6.66. The van der Waals surface area contributed by atoms with E-state index in [9.17, 15) is 14.4 Å². The zero-order chi connectivity index (χ0) is 16.4. The van der Waals surface area contributed by atoms with Gasteiger partial charge in [0.2, 0.25) is 0 Å². The van der Waals surface area contributed by atoms with Crippen molar-refractivity contribution in [1.29, 1.82) is 5.26 Å². The van der Waals surface area contributed by atoms with Crippen molar-refractivity contribution in [3.63, 3.8) is 0 Å². The van der Waals surface area contributed by atoms with Gasteiger partial charge in [0.05, 0.1) is 11.2 Å². The molecule has 0 atom stereocenters. The summed E-state index contributed by atoms with van der Waals surface area (Å²) in [7, 11) is 0. The molecule has 0 spiro atoms. The van der Waals surface area contributed by atoms with Crippen molar-refractivity contribution < 1.29 is 9.18 Å². The van der Waals surface area contributed by atoms with E-state index in [4.69, 9.17) is 5.73 Å². The van der Waals surface area contributed by atoms with E-state index in [-0.39, 0.29) is 11.3 Å². The molecule has 5 nitrogen and oxygen atoms in total. The fourth-order valence-corrected chi connectivity index (χ4v) is 2.28. The molecule has 0 saturated carbocycles. The summed E-state index contributed by atoms with van der Waals surface area (Å²) in [5.41, 5.74) is 6.46. The third-order valence-electron chi connectivity index (χ3n) is 3.27. The molecule has 6 heteroatoms. The number of amides is 1. The van der Waals surface area contributed by atoms with Gasteiger partial charge in [0, 0.05) is 11.1 Å². The average Bonchev–Trinajstić information content (AvgIpc) is 2.54. The lowest BCUT2D eigenvalue weighted by molar-refractivity contribution is 0.0995. The van der Waals surface area contributed by atoms with Crippen LogP contribution in [0, 0.1) is 23.2 Å². The van der Waals surface area contributed by atoms with Gasteiger partial charge in [-0.25, -0.2) is 9.37 Å². The van der Waals surface area contributed by atoms with E-state index in [0.29, 0.717) is 22.3 Å². The van der Waals surface area contributed by atoms with E-state index in [1.54, 1.807) is 24.3 Å². The molecule has 3 aromatic rings. The largest absolute Gasteiger partial charge is 0.364 e. The van der Waals surface area contributed by atoms with Crippen LogP contribution in [0.15, 0.2) is 42.5 Å². The summed E-state index contributed by atoms with van der Waals surface area (Å²) in [6.45, 7) is 0. The van der Waals surface area contributed by atoms with Gasteiger partial charge in [-0.15, -0.1) is 0 Å². The number of nitrogens with two attached hydrogens (primary N) is 1. The van der Waals surface area contributed by atoms with Crippen LogP contribution in [0.4, 0.5) is 15.8 Å². The molecule has 0 saturated heterocycles. The predicted octanol–water partition coefficient (Wildman–Crippen LogP) is 2.89. The zero-order valence-corrected chi connectivity index (χ0v) is 11.8. The number of rotatable bonds is 3. The highest BCUT2D eigenvalue weighted by molar-refractivity contribution is 6.03. The summed E-state index contributed by atoms with van der Waals surface area (Å²) in [6, 6.07) is 15.5. The quantitative estimate of drug-likeness (QED) is 0.778. The molecule has 0 aliphatic carbocycles. The molecule has 0 aliphatic rings. The van der Waals surface area contributed by atoms with Crippen molar-refractivity contribution in [2.45, 2.75) is 0 Å². The SMILES string of the molecule is N#Cc1c(C(N)=O)nc2cc[c]cc2c1Nc1cccc(F)c1. The Morgan fingerprint density at radius 2 is 2.22 bits per heavy atom. The Balaban J connectivity index is 2.28. The topological polar surface area (TPSA) is 91.8 Å². The average molecular weight is 305 g/mol. The number of carbonyl (C=O) groups excluding carboxylic acids is 1. The normalized spacial score (nSPS) is 10.3. The zero-order valence-electron chi connectivity index (χ0n) is 11.8. The molecule has 0 aliphatic heterocycles. The highest BCUT2D eigenvalue weighted by Gasteiger charge is 2.18. The van der Waals surface area contributed by atoms with Gasteiger partial charge in [0.1, 0.15) is 23.1 Å². The molecule has 1 heterocycles. The molecule has 111 valence electrons. The van der Waals surface area contributed by atoms with E-state index >= 15 is 0 Å². The third-order valence-corrected chi connectivity index (χ3v) is 3.27. The second-order valence-electron chi connectivity index (χ2n) is 4.77. The van der Waals surface area contributed by atoms with Gasteiger partial charge >= 0.3 is 0 Å². The van der Waals surface area contributed by atoms with Crippen LogP contribution < -0.4 is 11.1 Å². The number of halogens is 1. The molecule has 1 aromatic heterocycles. The number of primary amides is 1. The standard InChI is InChI=1S/C17H10FN4O/c18-10-4-3-5-11(8-10)21-15-12-6-1-2-7-14(12)22-16(17(20)23)13(15)9-19/h2-8H,(H2,20,23)(H,21,22).